The molecule has 0 bridgehead atoms. The van der Waals surface area contributed by atoms with E-state index in [1.807, 2.05) is 11.8 Å². The zero-order valence-corrected chi connectivity index (χ0v) is 11.0. The number of carboxylic acids is 1. The monoisotopic (exact) mass is 285 g/mol. The van der Waals surface area contributed by atoms with Gasteiger partial charge in [0.25, 0.3) is 5.69 Å². The van der Waals surface area contributed by atoms with Crippen LogP contribution >= 0.6 is 11.8 Å². The summed E-state index contributed by atoms with van der Waals surface area (Å²) in [7, 11) is 0. The highest BCUT2D eigenvalue weighted by molar-refractivity contribution is 7.99. The Kier molecular flexibility index (Phi) is 6.31. The number of benzene rings is 1. The molecule has 19 heavy (non-hydrogen) atoms. The molecule has 6 nitrogen and oxygen atoms in total. The Labute approximate surface area is 114 Å². The van der Waals surface area contributed by atoms with Crippen LogP contribution in [0, 0.1) is 10.1 Å². The molecule has 0 saturated carbocycles. The first-order valence-corrected chi connectivity index (χ1v) is 6.89. The fourth-order valence-corrected chi connectivity index (χ4v) is 2.52. The van der Waals surface area contributed by atoms with Gasteiger partial charge < -0.3 is 10.2 Å². The van der Waals surface area contributed by atoms with Crippen LogP contribution in [0.3, 0.4) is 0 Å². The number of nitro groups is 1. The number of aromatic carboxylic acids is 1. The summed E-state index contributed by atoms with van der Waals surface area (Å²) >= 11 is 1.94. The van der Waals surface area contributed by atoms with Gasteiger partial charge in [-0.05, 0) is 30.4 Å². The predicted molar refractivity (Wildman–Crippen MR) is 72.6 cm³/mol. The summed E-state index contributed by atoms with van der Waals surface area (Å²) in [6.07, 6.45) is 2.02. The summed E-state index contributed by atoms with van der Waals surface area (Å²) in [4.78, 5) is 19.9. The molecule has 1 saturated heterocycles. The first-order valence-electron chi connectivity index (χ1n) is 5.74. The molecule has 0 aromatic heterocycles. The van der Waals surface area contributed by atoms with Crippen molar-refractivity contribution in [2.75, 3.05) is 11.5 Å². The maximum absolute atomic E-state index is 10.4. The summed E-state index contributed by atoms with van der Waals surface area (Å²) in [6, 6.07) is 4.89. The maximum atomic E-state index is 10.4. The van der Waals surface area contributed by atoms with Gasteiger partial charge in [-0.3, -0.25) is 10.1 Å². The molecular formula is C12H15NO5S. The number of carbonyl (C=O) groups is 1. The highest BCUT2D eigenvalue weighted by Crippen LogP contribution is 2.16. The molecule has 0 spiro atoms. The number of hydrogen-bond acceptors (Lipinski definition) is 5. The molecule has 1 fully saturated rings. The highest BCUT2D eigenvalue weighted by atomic mass is 32.2. The molecule has 1 aromatic carbocycles. The number of carboxylic acid groups (broad SMARTS) is 1. The number of aliphatic hydroxyl groups excluding tert-OH is 1. The van der Waals surface area contributed by atoms with E-state index >= 15 is 0 Å². The van der Waals surface area contributed by atoms with Crippen molar-refractivity contribution in [3.8, 4) is 0 Å². The number of aliphatic hydroxyl groups is 1. The SMILES string of the molecule is O=C(O)c1cccc([N+](=O)[O-])c1.OC1CCSCC1. The van der Waals surface area contributed by atoms with Gasteiger partial charge >= 0.3 is 5.97 Å². The van der Waals surface area contributed by atoms with E-state index in [-0.39, 0.29) is 17.4 Å². The van der Waals surface area contributed by atoms with E-state index in [2.05, 4.69) is 0 Å². The lowest BCUT2D eigenvalue weighted by molar-refractivity contribution is -0.384. The van der Waals surface area contributed by atoms with Gasteiger partial charge in [-0.15, -0.1) is 0 Å². The Bertz CT molecular complexity index is 416. The molecule has 1 aromatic rings. The third kappa shape index (κ3) is 5.71. The molecule has 7 heteroatoms. The largest absolute Gasteiger partial charge is 0.478 e. The minimum Gasteiger partial charge on any atom is -0.478 e. The third-order valence-corrected chi connectivity index (χ3v) is 3.54. The van der Waals surface area contributed by atoms with Crippen LogP contribution in [0.15, 0.2) is 24.3 Å². The van der Waals surface area contributed by atoms with Crippen molar-refractivity contribution in [3.05, 3.63) is 39.9 Å². The topological polar surface area (TPSA) is 101 Å². The molecule has 0 radical (unpaired) electrons. The lowest BCUT2D eigenvalue weighted by Gasteiger charge is -2.14. The standard InChI is InChI=1S/C7H5NO4.C5H10OS/c9-7(10)5-2-1-3-6(4-5)8(11)12;6-5-1-3-7-4-2-5/h1-4H,(H,9,10);5-6H,1-4H2. The van der Waals surface area contributed by atoms with Gasteiger partial charge in [-0.1, -0.05) is 6.07 Å². The van der Waals surface area contributed by atoms with E-state index in [4.69, 9.17) is 10.2 Å². The number of hydrogen-bond donors (Lipinski definition) is 2. The van der Waals surface area contributed by atoms with E-state index in [1.165, 1.54) is 18.2 Å². The van der Waals surface area contributed by atoms with Gasteiger partial charge in [-0.2, -0.15) is 11.8 Å². The lowest BCUT2D eigenvalue weighted by Crippen LogP contribution is -2.13. The maximum Gasteiger partial charge on any atom is 0.335 e. The zero-order chi connectivity index (χ0) is 14.3. The third-order valence-electron chi connectivity index (χ3n) is 2.49. The van der Waals surface area contributed by atoms with Crippen LogP contribution in [0.4, 0.5) is 5.69 Å². The second kappa shape index (κ2) is 7.75. The number of thioether (sulfide) groups is 1. The molecule has 0 aliphatic carbocycles. The fourth-order valence-electron chi connectivity index (χ4n) is 1.44. The van der Waals surface area contributed by atoms with Gasteiger partial charge in [0, 0.05) is 12.1 Å². The molecule has 1 heterocycles. The zero-order valence-electron chi connectivity index (χ0n) is 10.2. The molecule has 2 N–H and O–H groups in total. The van der Waals surface area contributed by atoms with Crippen molar-refractivity contribution in [1.82, 2.24) is 0 Å². The smallest absolute Gasteiger partial charge is 0.335 e. The van der Waals surface area contributed by atoms with Crippen LogP contribution in [-0.2, 0) is 0 Å². The quantitative estimate of drug-likeness (QED) is 0.638. The molecule has 1 aliphatic rings. The second-order valence-corrected chi connectivity index (χ2v) is 5.18. The van der Waals surface area contributed by atoms with Crippen molar-refractivity contribution < 1.29 is 19.9 Å². The first kappa shape index (κ1) is 15.5. The molecule has 2 rings (SSSR count). The Morgan fingerprint density at radius 1 is 1.37 bits per heavy atom. The molecule has 0 atom stereocenters. The van der Waals surface area contributed by atoms with Crippen molar-refractivity contribution in [1.29, 1.82) is 0 Å². The summed E-state index contributed by atoms with van der Waals surface area (Å²) in [5, 5.41) is 27.6. The average molecular weight is 285 g/mol. The molecule has 1 aliphatic heterocycles. The Hall–Kier alpha value is -1.60. The van der Waals surface area contributed by atoms with Gasteiger partial charge in [0.05, 0.1) is 16.6 Å². The normalized spacial score (nSPS) is 15.2. The van der Waals surface area contributed by atoms with Gasteiger partial charge in [0.1, 0.15) is 0 Å². The molecule has 0 unspecified atom stereocenters. The average Bonchev–Trinajstić information content (AvgIpc) is 2.40. The minimum absolute atomic E-state index is 0.0150. The van der Waals surface area contributed by atoms with Crippen molar-refractivity contribution in [2.45, 2.75) is 18.9 Å². The van der Waals surface area contributed by atoms with Crippen LogP contribution in [-0.4, -0.2) is 38.7 Å². The van der Waals surface area contributed by atoms with Crippen LogP contribution < -0.4 is 0 Å². The predicted octanol–water partition coefficient (Wildman–Crippen LogP) is 2.17. The highest BCUT2D eigenvalue weighted by Gasteiger charge is 2.09. The summed E-state index contributed by atoms with van der Waals surface area (Å²) in [5.41, 5.74) is -0.292. The lowest BCUT2D eigenvalue weighted by atomic mass is 10.2. The van der Waals surface area contributed by atoms with Crippen LogP contribution in [0.25, 0.3) is 0 Å². The number of non-ortho nitro benzene ring substituents is 1. The van der Waals surface area contributed by atoms with E-state index in [1.54, 1.807) is 0 Å². The molecule has 104 valence electrons. The van der Waals surface area contributed by atoms with Gasteiger partial charge in [-0.25, -0.2) is 4.79 Å². The van der Waals surface area contributed by atoms with Crippen LogP contribution in [0.2, 0.25) is 0 Å². The summed E-state index contributed by atoms with van der Waals surface area (Å²) in [5.74, 6) is 1.14. The van der Waals surface area contributed by atoms with E-state index < -0.39 is 10.9 Å². The van der Waals surface area contributed by atoms with Gasteiger partial charge in [0.2, 0.25) is 0 Å². The number of nitrogens with zero attached hydrogens (tertiary/aromatic N) is 1. The van der Waals surface area contributed by atoms with Crippen LogP contribution in [0.1, 0.15) is 23.2 Å². The van der Waals surface area contributed by atoms with E-state index in [0.29, 0.717) is 0 Å². The first-order chi connectivity index (χ1) is 9.00. The Balaban J connectivity index is 0.000000218. The van der Waals surface area contributed by atoms with Gasteiger partial charge in [0.15, 0.2) is 0 Å². The van der Waals surface area contributed by atoms with E-state index in [0.717, 1.165) is 30.4 Å². The number of nitro benzene ring substituents is 1. The summed E-state index contributed by atoms with van der Waals surface area (Å²) < 4.78 is 0. The van der Waals surface area contributed by atoms with E-state index in [9.17, 15) is 14.9 Å². The van der Waals surface area contributed by atoms with Crippen molar-refractivity contribution in [3.63, 3.8) is 0 Å². The molecule has 0 amide bonds. The summed E-state index contributed by atoms with van der Waals surface area (Å²) in [6.45, 7) is 0. The molecular weight excluding hydrogens is 270 g/mol. The second-order valence-electron chi connectivity index (χ2n) is 3.96. The van der Waals surface area contributed by atoms with Crippen LogP contribution in [0.5, 0.6) is 0 Å². The minimum atomic E-state index is -1.17. The fraction of sp³-hybridized carbons (Fsp3) is 0.417. The number of rotatable bonds is 2. The Morgan fingerprint density at radius 2 is 2.00 bits per heavy atom. The Morgan fingerprint density at radius 3 is 2.42 bits per heavy atom. The van der Waals surface area contributed by atoms with Crippen molar-refractivity contribution in [2.24, 2.45) is 0 Å². The van der Waals surface area contributed by atoms with Crippen molar-refractivity contribution >= 4 is 23.4 Å².